The standard InChI is InChI=1S/C18H31NOS/c1-3-14-19-17(11-10-16-9-8-15-21-16)18(20-2)12-6-4-5-7-13-18/h8-9,15,17,19H,3-7,10-14H2,1-2H3. The number of hydrogen-bond donors (Lipinski definition) is 1. The zero-order valence-corrected chi connectivity index (χ0v) is 14.5. The fourth-order valence-electron chi connectivity index (χ4n) is 3.63. The van der Waals surface area contributed by atoms with Crippen molar-refractivity contribution in [1.29, 1.82) is 0 Å². The first-order valence-corrected chi connectivity index (χ1v) is 9.49. The minimum atomic E-state index is 0.0585. The van der Waals surface area contributed by atoms with E-state index in [0.29, 0.717) is 6.04 Å². The monoisotopic (exact) mass is 309 g/mol. The van der Waals surface area contributed by atoms with Gasteiger partial charge in [0.25, 0.3) is 0 Å². The van der Waals surface area contributed by atoms with E-state index in [-0.39, 0.29) is 5.60 Å². The Morgan fingerprint density at radius 1 is 1.29 bits per heavy atom. The van der Waals surface area contributed by atoms with Crippen LogP contribution in [-0.2, 0) is 11.2 Å². The molecule has 1 aromatic heterocycles. The summed E-state index contributed by atoms with van der Waals surface area (Å²) in [6.45, 7) is 3.34. The number of ether oxygens (including phenoxy) is 1. The Bertz CT molecular complexity index is 369. The SMILES string of the molecule is CCCNC(CCc1cccs1)C1(OC)CCCCCC1. The van der Waals surface area contributed by atoms with Crippen molar-refractivity contribution in [3.8, 4) is 0 Å². The lowest BCUT2D eigenvalue weighted by molar-refractivity contribution is -0.0545. The van der Waals surface area contributed by atoms with E-state index in [9.17, 15) is 0 Å². The Balaban J connectivity index is 2.03. The van der Waals surface area contributed by atoms with Gasteiger partial charge in [-0.15, -0.1) is 11.3 Å². The highest BCUT2D eigenvalue weighted by Crippen LogP contribution is 2.35. The van der Waals surface area contributed by atoms with Gasteiger partial charge in [0.2, 0.25) is 0 Å². The van der Waals surface area contributed by atoms with E-state index in [1.165, 1.54) is 62.7 Å². The zero-order chi connectivity index (χ0) is 15.0. The molecule has 1 aliphatic carbocycles. The van der Waals surface area contributed by atoms with Crippen LogP contribution in [0.1, 0.15) is 63.2 Å². The zero-order valence-electron chi connectivity index (χ0n) is 13.7. The van der Waals surface area contributed by atoms with Crippen LogP contribution in [0.4, 0.5) is 0 Å². The first kappa shape index (κ1) is 17.0. The summed E-state index contributed by atoms with van der Waals surface area (Å²) < 4.78 is 6.13. The Labute approximate surface area is 134 Å². The molecule has 0 amide bonds. The van der Waals surface area contributed by atoms with Crippen molar-refractivity contribution in [2.45, 2.75) is 76.4 Å². The molecule has 1 atom stereocenters. The van der Waals surface area contributed by atoms with E-state index in [4.69, 9.17) is 4.74 Å². The second-order valence-electron chi connectivity index (χ2n) is 6.31. The largest absolute Gasteiger partial charge is 0.377 e. The number of rotatable bonds is 8. The van der Waals surface area contributed by atoms with E-state index in [1.54, 1.807) is 0 Å². The number of nitrogens with one attached hydrogen (secondary N) is 1. The lowest BCUT2D eigenvalue weighted by Crippen LogP contribution is -2.52. The molecule has 1 heterocycles. The maximum atomic E-state index is 6.13. The van der Waals surface area contributed by atoms with Crippen molar-refractivity contribution < 1.29 is 4.74 Å². The third-order valence-corrected chi connectivity index (χ3v) is 5.83. The Morgan fingerprint density at radius 3 is 2.62 bits per heavy atom. The molecule has 0 saturated heterocycles. The van der Waals surface area contributed by atoms with Gasteiger partial charge < -0.3 is 10.1 Å². The molecule has 2 rings (SSSR count). The molecule has 1 saturated carbocycles. The van der Waals surface area contributed by atoms with Crippen molar-refractivity contribution in [3.05, 3.63) is 22.4 Å². The first-order chi connectivity index (χ1) is 10.3. The fourth-order valence-corrected chi connectivity index (χ4v) is 4.36. The third-order valence-electron chi connectivity index (χ3n) is 4.89. The fraction of sp³-hybridized carbons (Fsp3) is 0.778. The van der Waals surface area contributed by atoms with Crippen molar-refractivity contribution >= 4 is 11.3 Å². The molecule has 1 fully saturated rings. The van der Waals surface area contributed by atoms with Gasteiger partial charge in [-0.2, -0.15) is 0 Å². The predicted octanol–water partition coefficient (Wildman–Crippen LogP) is 4.79. The van der Waals surface area contributed by atoms with Crippen molar-refractivity contribution in [1.82, 2.24) is 5.32 Å². The highest BCUT2D eigenvalue weighted by molar-refractivity contribution is 7.09. The molecular weight excluding hydrogens is 278 g/mol. The van der Waals surface area contributed by atoms with Crippen molar-refractivity contribution in [3.63, 3.8) is 0 Å². The lowest BCUT2D eigenvalue weighted by atomic mass is 9.83. The third kappa shape index (κ3) is 4.80. The molecule has 3 heteroatoms. The van der Waals surface area contributed by atoms with Crippen molar-refractivity contribution in [2.75, 3.05) is 13.7 Å². The van der Waals surface area contributed by atoms with E-state index in [0.717, 1.165) is 6.54 Å². The Morgan fingerprint density at radius 2 is 2.05 bits per heavy atom. The van der Waals surface area contributed by atoms with Gasteiger partial charge in [-0.3, -0.25) is 0 Å². The van der Waals surface area contributed by atoms with Crippen LogP contribution >= 0.6 is 11.3 Å². The van der Waals surface area contributed by atoms with E-state index in [2.05, 4.69) is 29.8 Å². The lowest BCUT2D eigenvalue weighted by Gasteiger charge is -2.40. The smallest absolute Gasteiger partial charge is 0.0831 e. The molecule has 21 heavy (non-hydrogen) atoms. The maximum Gasteiger partial charge on any atom is 0.0831 e. The second kappa shape index (κ2) is 8.92. The Kier molecular flexibility index (Phi) is 7.21. The van der Waals surface area contributed by atoms with Gasteiger partial charge in [-0.05, 0) is 50.1 Å². The van der Waals surface area contributed by atoms with E-state index in [1.807, 2.05) is 18.4 Å². The number of methoxy groups -OCH3 is 1. The quantitative estimate of drug-likeness (QED) is 0.697. The molecule has 0 bridgehead atoms. The molecular formula is C18H31NOS. The summed E-state index contributed by atoms with van der Waals surface area (Å²) in [4.78, 5) is 1.50. The van der Waals surface area contributed by atoms with Gasteiger partial charge in [0.1, 0.15) is 0 Å². The summed E-state index contributed by atoms with van der Waals surface area (Å²) >= 11 is 1.88. The van der Waals surface area contributed by atoms with Crippen LogP contribution in [0.15, 0.2) is 17.5 Å². The van der Waals surface area contributed by atoms with Gasteiger partial charge in [0.05, 0.1) is 5.60 Å². The van der Waals surface area contributed by atoms with E-state index >= 15 is 0 Å². The predicted molar refractivity (Wildman–Crippen MR) is 92.2 cm³/mol. The molecule has 1 N–H and O–H groups in total. The van der Waals surface area contributed by atoms with Gasteiger partial charge in [0, 0.05) is 18.0 Å². The van der Waals surface area contributed by atoms with Crippen LogP contribution in [0.5, 0.6) is 0 Å². The molecule has 1 aliphatic rings. The number of hydrogen-bond acceptors (Lipinski definition) is 3. The first-order valence-electron chi connectivity index (χ1n) is 8.61. The second-order valence-corrected chi connectivity index (χ2v) is 7.34. The molecule has 1 unspecified atom stereocenters. The molecule has 0 radical (unpaired) electrons. The average Bonchev–Trinajstić information content (AvgIpc) is 2.91. The van der Waals surface area contributed by atoms with Gasteiger partial charge in [-0.1, -0.05) is 38.7 Å². The molecule has 120 valence electrons. The minimum absolute atomic E-state index is 0.0585. The van der Waals surface area contributed by atoms with Gasteiger partial charge in [-0.25, -0.2) is 0 Å². The number of aryl methyl sites for hydroxylation is 1. The minimum Gasteiger partial charge on any atom is -0.377 e. The van der Waals surface area contributed by atoms with Crippen molar-refractivity contribution in [2.24, 2.45) is 0 Å². The molecule has 2 nitrogen and oxygen atoms in total. The molecule has 0 spiro atoms. The summed E-state index contributed by atoms with van der Waals surface area (Å²) in [5.41, 5.74) is 0.0585. The highest BCUT2D eigenvalue weighted by atomic mass is 32.1. The highest BCUT2D eigenvalue weighted by Gasteiger charge is 2.38. The van der Waals surface area contributed by atoms with Gasteiger partial charge >= 0.3 is 0 Å². The summed E-state index contributed by atoms with van der Waals surface area (Å²) in [6, 6.07) is 4.91. The summed E-state index contributed by atoms with van der Waals surface area (Å²) in [6.07, 6.45) is 11.4. The van der Waals surface area contributed by atoms with E-state index < -0.39 is 0 Å². The normalized spacial score (nSPS) is 20.1. The van der Waals surface area contributed by atoms with Crippen LogP contribution in [0.3, 0.4) is 0 Å². The van der Waals surface area contributed by atoms with Crippen LogP contribution in [-0.4, -0.2) is 25.3 Å². The summed E-state index contributed by atoms with van der Waals surface area (Å²) in [7, 11) is 1.93. The summed E-state index contributed by atoms with van der Waals surface area (Å²) in [5, 5.41) is 5.98. The Hall–Kier alpha value is -0.380. The maximum absolute atomic E-state index is 6.13. The molecule has 0 aromatic carbocycles. The summed E-state index contributed by atoms with van der Waals surface area (Å²) in [5.74, 6) is 0. The van der Waals surface area contributed by atoms with Crippen LogP contribution < -0.4 is 5.32 Å². The topological polar surface area (TPSA) is 21.3 Å². The molecule has 0 aliphatic heterocycles. The van der Waals surface area contributed by atoms with Crippen LogP contribution in [0.2, 0.25) is 0 Å². The number of thiophene rings is 1. The van der Waals surface area contributed by atoms with Crippen LogP contribution in [0, 0.1) is 0 Å². The molecule has 1 aromatic rings. The average molecular weight is 310 g/mol. The van der Waals surface area contributed by atoms with Gasteiger partial charge in [0.15, 0.2) is 0 Å². The van der Waals surface area contributed by atoms with Crippen LogP contribution in [0.25, 0.3) is 0 Å².